The lowest BCUT2D eigenvalue weighted by atomic mass is 9.73. The zero-order valence-electron chi connectivity index (χ0n) is 8.98. The highest BCUT2D eigenvalue weighted by Gasteiger charge is 2.69. The lowest BCUT2D eigenvalue weighted by Gasteiger charge is -2.23. The molecule has 0 N–H and O–H groups in total. The summed E-state index contributed by atoms with van der Waals surface area (Å²) < 4.78 is 5.82. The molecule has 0 saturated carbocycles. The number of imide groups is 1. The number of amides is 2. The first kappa shape index (κ1) is 9.09. The van der Waals surface area contributed by atoms with E-state index in [9.17, 15) is 9.59 Å². The van der Waals surface area contributed by atoms with Crippen molar-refractivity contribution in [1.29, 1.82) is 0 Å². The first-order valence-corrected chi connectivity index (χ1v) is 5.11. The average molecular weight is 207 g/mol. The number of rotatable bonds is 0. The number of hydrogen-bond donors (Lipinski definition) is 0. The summed E-state index contributed by atoms with van der Waals surface area (Å²) in [4.78, 5) is 25.1. The fraction of sp³-hybridized carbons (Fsp3) is 0.636. The van der Waals surface area contributed by atoms with Gasteiger partial charge in [-0.1, -0.05) is 12.2 Å². The van der Waals surface area contributed by atoms with Gasteiger partial charge < -0.3 is 4.74 Å². The molecule has 0 aromatic heterocycles. The smallest absolute Gasteiger partial charge is 0.236 e. The van der Waals surface area contributed by atoms with Crippen LogP contribution in [0.1, 0.15) is 13.8 Å². The molecule has 4 heteroatoms. The van der Waals surface area contributed by atoms with Crippen LogP contribution in [0.2, 0.25) is 0 Å². The van der Waals surface area contributed by atoms with Crippen LogP contribution in [-0.4, -0.2) is 35.0 Å². The molecule has 3 aliphatic rings. The van der Waals surface area contributed by atoms with Gasteiger partial charge in [-0.25, -0.2) is 0 Å². The Balaban J connectivity index is 2.18. The maximum Gasteiger partial charge on any atom is 0.236 e. The zero-order chi connectivity index (χ0) is 11.0. The molecule has 0 spiro atoms. The molecule has 0 unspecified atom stereocenters. The van der Waals surface area contributed by atoms with E-state index in [4.69, 9.17) is 4.74 Å². The monoisotopic (exact) mass is 207 g/mol. The minimum absolute atomic E-state index is 0.111. The van der Waals surface area contributed by atoms with E-state index in [1.807, 2.05) is 26.0 Å². The zero-order valence-corrected chi connectivity index (χ0v) is 8.98. The fourth-order valence-corrected chi connectivity index (χ4v) is 3.17. The van der Waals surface area contributed by atoms with Gasteiger partial charge in [-0.15, -0.1) is 0 Å². The van der Waals surface area contributed by atoms with Gasteiger partial charge in [-0.05, 0) is 13.8 Å². The van der Waals surface area contributed by atoms with Crippen LogP contribution in [0.3, 0.4) is 0 Å². The molecule has 3 rings (SSSR count). The second-order valence-electron chi connectivity index (χ2n) is 4.99. The van der Waals surface area contributed by atoms with Crippen molar-refractivity contribution in [2.75, 3.05) is 7.05 Å². The number of carbonyl (C=O) groups is 2. The average Bonchev–Trinajstić information content (AvgIpc) is 2.67. The SMILES string of the molecule is CN1C(=O)[C@@H]2[C@@H](C1=O)[C@@]1(C)C=C[C@@]2(C)O1. The predicted molar refractivity (Wildman–Crippen MR) is 51.8 cm³/mol. The van der Waals surface area contributed by atoms with Gasteiger partial charge in [0.2, 0.25) is 11.8 Å². The molecule has 4 nitrogen and oxygen atoms in total. The second kappa shape index (κ2) is 2.16. The molecule has 3 aliphatic heterocycles. The normalized spacial score (nSPS) is 51.8. The highest BCUT2D eigenvalue weighted by atomic mass is 16.5. The molecule has 2 amide bonds. The molecule has 0 radical (unpaired) electrons. The Bertz CT molecular complexity index is 380. The minimum atomic E-state index is -0.586. The Morgan fingerprint density at radius 2 is 1.53 bits per heavy atom. The van der Waals surface area contributed by atoms with Crippen LogP contribution in [-0.2, 0) is 14.3 Å². The first-order valence-electron chi connectivity index (χ1n) is 5.11. The molecule has 2 bridgehead atoms. The minimum Gasteiger partial charge on any atom is -0.359 e. The van der Waals surface area contributed by atoms with Gasteiger partial charge in [0.05, 0.1) is 23.0 Å². The molecule has 0 aliphatic carbocycles. The molecule has 15 heavy (non-hydrogen) atoms. The van der Waals surface area contributed by atoms with Gasteiger partial charge >= 0.3 is 0 Å². The van der Waals surface area contributed by atoms with Crippen molar-refractivity contribution < 1.29 is 14.3 Å². The number of ether oxygens (including phenoxy) is 1. The number of nitrogens with zero attached hydrogens (tertiary/aromatic N) is 1. The number of fused-ring (bicyclic) bond motifs is 5. The molecule has 2 fully saturated rings. The summed E-state index contributed by atoms with van der Waals surface area (Å²) >= 11 is 0. The molecule has 2 saturated heterocycles. The van der Waals surface area contributed by atoms with Crippen molar-refractivity contribution in [1.82, 2.24) is 4.90 Å². The van der Waals surface area contributed by atoms with Crippen molar-refractivity contribution >= 4 is 11.8 Å². The summed E-state index contributed by atoms with van der Waals surface area (Å²) in [5.74, 6) is -0.879. The maximum atomic E-state index is 11.9. The Labute approximate surface area is 87.9 Å². The second-order valence-corrected chi connectivity index (χ2v) is 4.99. The molecule has 3 heterocycles. The van der Waals surface area contributed by atoms with Crippen LogP contribution >= 0.6 is 0 Å². The fourth-order valence-electron chi connectivity index (χ4n) is 3.17. The maximum absolute atomic E-state index is 11.9. The summed E-state index contributed by atoms with van der Waals surface area (Å²) in [6.07, 6.45) is 3.83. The van der Waals surface area contributed by atoms with Crippen LogP contribution in [0, 0.1) is 11.8 Å². The van der Waals surface area contributed by atoms with Crippen molar-refractivity contribution in [2.24, 2.45) is 11.8 Å². The topological polar surface area (TPSA) is 46.6 Å². The third-order valence-electron chi connectivity index (χ3n) is 3.95. The van der Waals surface area contributed by atoms with Crippen molar-refractivity contribution in [3.8, 4) is 0 Å². The third kappa shape index (κ3) is 0.785. The van der Waals surface area contributed by atoms with Gasteiger partial charge in [-0.3, -0.25) is 14.5 Å². The predicted octanol–water partition coefficient (Wildman–Crippen LogP) is 0.335. The van der Waals surface area contributed by atoms with Crippen LogP contribution in [0.4, 0.5) is 0 Å². The van der Waals surface area contributed by atoms with Gasteiger partial charge in [0.1, 0.15) is 0 Å². The summed E-state index contributed by atoms with van der Waals surface area (Å²) in [5, 5.41) is 0. The summed E-state index contributed by atoms with van der Waals surface area (Å²) in [6.45, 7) is 3.76. The summed E-state index contributed by atoms with van der Waals surface area (Å²) in [6, 6.07) is 0. The largest absolute Gasteiger partial charge is 0.359 e. The van der Waals surface area contributed by atoms with E-state index in [0.29, 0.717) is 0 Å². The van der Waals surface area contributed by atoms with Crippen LogP contribution < -0.4 is 0 Å². The number of hydrogen-bond acceptors (Lipinski definition) is 3. The van der Waals surface area contributed by atoms with E-state index in [1.54, 1.807) is 7.05 Å². The van der Waals surface area contributed by atoms with Gasteiger partial charge in [0.25, 0.3) is 0 Å². The van der Waals surface area contributed by atoms with Crippen molar-refractivity contribution in [2.45, 2.75) is 25.0 Å². The number of carbonyl (C=O) groups excluding carboxylic acids is 2. The summed E-state index contributed by atoms with van der Waals surface area (Å²) in [7, 11) is 1.55. The number of likely N-dealkylation sites (tertiary alicyclic amines) is 1. The lowest BCUT2D eigenvalue weighted by Crippen LogP contribution is -2.37. The lowest BCUT2D eigenvalue weighted by molar-refractivity contribution is -0.144. The highest BCUT2D eigenvalue weighted by molar-refractivity contribution is 6.07. The first-order chi connectivity index (χ1) is 6.89. The van der Waals surface area contributed by atoms with Crippen molar-refractivity contribution in [3.05, 3.63) is 12.2 Å². The van der Waals surface area contributed by atoms with Gasteiger partial charge in [0, 0.05) is 7.05 Å². The molecule has 4 atom stereocenters. The van der Waals surface area contributed by atoms with E-state index in [1.165, 1.54) is 4.90 Å². The van der Waals surface area contributed by atoms with Gasteiger partial charge in [0.15, 0.2) is 0 Å². The van der Waals surface area contributed by atoms with Crippen LogP contribution in [0.15, 0.2) is 12.2 Å². The van der Waals surface area contributed by atoms with Crippen molar-refractivity contribution in [3.63, 3.8) is 0 Å². The molecular weight excluding hydrogens is 194 g/mol. The van der Waals surface area contributed by atoms with E-state index < -0.39 is 11.2 Å². The van der Waals surface area contributed by atoms with Crippen LogP contribution in [0.25, 0.3) is 0 Å². The van der Waals surface area contributed by atoms with E-state index in [2.05, 4.69) is 0 Å². The Kier molecular flexibility index (Phi) is 1.31. The molecule has 0 aromatic carbocycles. The molecule has 0 aromatic rings. The van der Waals surface area contributed by atoms with Gasteiger partial charge in [-0.2, -0.15) is 0 Å². The quantitative estimate of drug-likeness (QED) is 0.425. The molecular formula is C11H13NO3. The van der Waals surface area contributed by atoms with Crippen LogP contribution in [0.5, 0.6) is 0 Å². The van der Waals surface area contributed by atoms with E-state index in [0.717, 1.165) is 0 Å². The standard InChI is InChI=1S/C11H13NO3/c1-10-4-5-11(2,15-10)7-6(10)8(13)12(3)9(7)14/h4-7H,1-3H3/t6-,7-,10+,11+/m0/s1. The Hall–Kier alpha value is -1.16. The van der Waals surface area contributed by atoms with E-state index >= 15 is 0 Å². The highest BCUT2D eigenvalue weighted by Crippen LogP contribution is 2.56. The third-order valence-corrected chi connectivity index (χ3v) is 3.95. The Morgan fingerprint density at radius 3 is 1.93 bits per heavy atom. The molecule has 80 valence electrons. The Morgan fingerprint density at radius 1 is 1.13 bits per heavy atom. The van der Waals surface area contributed by atoms with E-state index in [-0.39, 0.29) is 23.7 Å². The summed E-state index contributed by atoms with van der Waals surface area (Å²) in [5.41, 5.74) is -1.17.